The van der Waals surface area contributed by atoms with Crippen LogP contribution in [0.25, 0.3) is 0 Å². The van der Waals surface area contributed by atoms with Crippen LogP contribution in [-0.2, 0) is 19.1 Å². The van der Waals surface area contributed by atoms with Gasteiger partial charge in [-0.1, -0.05) is 68.6 Å². The fourth-order valence-corrected chi connectivity index (χ4v) is 5.72. The SMILES string of the molecule is CC(C)COC(=O)[C@@H](CC1CC1)[C@@H](CCC(F)(F)F)C(=O)N[C@@H]1N=C(c2ccc(Cl)cc2)c2cccc(C3CC3)c2NC1=O. The molecule has 2 fully saturated rings. The Hall–Kier alpha value is -3.40. The van der Waals surface area contributed by atoms with Crippen LogP contribution >= 0.6 is 11.6 Å². The minimum Gasteiger partial charge on any atom is -0.465 e. The predicted molar refractivity (Wildman–Crippen MR) is 161 cm³/mol. The first kappa shape index (κ1) is 32.0. The molecule has 3 atom stereocenters. The highest BCUT2D eigenvalue weighted by Crippen LogP contribution is 2.45. The van der Waals surface area contributed by atoms with Gasteiger partial charge in [-0.05, 0) is 61.1 Å². The summed E-state index contributed by atoms with van der Waals surface area (Å²) in [5.74, 6) is -4.14. The monoisotopic (exact) mass is 631 g/mol. The van der Waals surface area contributed by atoms with E-state index in [1.165, 1.54) is 0 Å². The van der Waals surface area contributed by atoms with Crippen molar-refractivity contribution in [2.45, 2.75) is 77.1 Å². The lowest BCUT2D eigenvalue weighted by Crippen LogP contribution is -2.47. The third-order valence-corrected chi connectivity index (χ3v) is 8.48. The molecule has 0 spiro atoms. The maximum Gasteiger partial charge on any atom is 0.389 e. The Balaban J connectivity index is 1.48. The summed E-state index contributed by atoms with van der Waals surface area (Å²) in [7, 11) is 0. The number of ether oxygens (including phenoxy) is 1. The van der Waals surface area contributed by atoms with E-state index in [9.17, 15) is 27.6 Å². The first-order valence-corrected chi connectivity index (χ1v) is 15.6. The molecule has 1 heterocycles. The molecule has 2 amide bonds. The lowest BCUT2D eigenvalue weighted by atomic mass is 9.83. The molecule has 44 heavy (non-hydrogen) atoms. The summed E-state index contributed by atoms with van der Waals surface area (Å²) in [4.78, 5) is 45.4. The predicted octanol–water partition coefficient (Wildman–Crippen LogP) is 7.02. The Morgan fingerprint density at radius 2 is 1.77 bits per heavy atom. The van der Waals surface area contributed by atoms with Crippen LogP contribution in [0, 0.1) is 23.7 Å². The Morgan fingerprint density at radius 3 is 2.39 bits per heavy atom. The third-order valence-electron chi connectivity index (χ3n) is 8.23. The second-order valence-electron chi connectivity index (χ2n) is 12.5. The number of carbonyl (C=O) groups excluding carboxylic acids is 3. The van der Waals surface area contributed by atoms with Gasteiger partial charge in [0.1, 0.15) is 0 Å². The molecule has 2 aromatic carbocycles. The number of amides is 2. The number of anilines is 1. The van der Waals surface area contributed by atoms with Crippen LogP contribution in [0.4, 0.5) is 18.9 Å². The number of rotatable bonds is 12. The molecule has 2 N–H and O–H groups in total. The molecule has 7 nitrogen and oxygen atoms in total. The highest BCUT2D eigenvalue weighted by atomic mass is 35.5. The zero-order chi connectivity index (χ0) is 31.6. The van der Waals surface area contributed by atoms with E-state index in [1.807, 2.05) is 32.0 Å². The molecule has 1 aliphatic heterocycles. The van der Waals surface area contributed by atoms with Gasteiger partial charge in [-0.3, -0.25) is 14.4 Å². The molecule has 236 valence electrons. The van der Waals surface area contributed by atoms with Gasteiger partial charge in [0.25, 0.3) is 5.91 Å². The lowest BCUT2D eigenvalue weighted by molar-refractivity contribution is -0.159. The topological polar surface area (TPSA) is 96.9 Å². The van der Waals surface area contributed by atoms with E-state index in [0.29, 0.717) is 27.5 Å². The zero-order valence-electron chi connectivity index (χ0n) is 24.8. The van der Waals surface area contributed by atoms with Crippen molar-refractivity contribution in [3.63, 3.8) is 0 Å². The van der Waals surface area contributed by atoms with Gasteiger partial charge in [-0.15, -0.1) is 0 Å². The summed E-state index contributed by atoms with van der Waals surface area (Å²) in [5, 5.41) is 6.05. The van der Waals surface area contributed by atoms with Crippen LogP contribution in [0.15, 0.2) is 47.5 Å². The minimum atomic E-state index is -4.54. The van der Waals surface area contributed by atoms with Crippen molar-refractivity contribution in [1.82, 2.24) is 5.32 Å². The Labute approximate surface area is 260 Å². The van der Waals surface area contributed by atoms with Gasteiger partial charge < -0.3 is 15.4 Å². The van der Waals surface area contributed by atoms with Gasteiger partial charge in [0.15, 0.2) is 0 Å². The van der Waals surface area contributed by atoms with Gasteiger partial charge in [-0.25, -0.2) is 4.99 Å². The first-order chi connectivity index (χ1) is 20.9. The molecule has 0 bridgehead atoms. The standard InChI is InChI=1S/C33H37ClF3N3O4/c1-18(2)17-44-32(43)26(16-19-6-7-19)24(14-15-33(35,36)37)30(41)40-29-31(42)39-28-23(20-8-9-20)4-3-5-25(28)27(38-29)21-10-12-22(34)13-11-21/h3-5,10-13,18-20,24,26,29H,6-9,14-17H2,1-2H3,(H,39,42)(H,40,41)/t24-,26+,29+/m1/s1. The van der Waals surface area contributed by atoms with Crippen LogP contribution in [-0.4, -0.2) is 42.4 Å². The number of nitrogens with one attached hydrogen (secondary N) is 2. The summed E-state index contributed by atoms with van der Waals surface area (Å²) in [6, 6.07) is 12.6. The highest BCUT2D eigenvalue weighted by Gasteiger charge is 2.42. The van der Waals surface area contributed by atoms with Crippen molar-refractivity contribution in [3.8, 4) is 0 Å². The Bertz CT molecular complexity index is 1420. The van der Waals surface area contributed by atoms with Crippen LogP contribution < -0.4 is 10.6 Å². The molecule has 0 saturated heterocycles. The van der Waals surface area contributed by atoms with E-state index in [0.717, 1.165) is 31.2 Å². The number of carbonyl (C=O) groups is 3. The minimum absolute atomic E-state index is 0.0143. The van der Waals surface area contributed by atoms with Crippen molar-refractivity contribution in [1.29, 1.82) is 0 Å². The smallest absolute Gasteiger partial charge is 0.389 e. The normalized spacial score (nSPS) is 19.8. The number of halogens is 4. The van der Waals surface area contributed by atoms with Crippen molar-refractivity contribution in [2.24, 2.45) is 28.7 Å². The van der Waals surface area contributed by atoms with Crippen LogP contribution in [0.3, 0.4) is 0 Å². The van der Waals surface area contributed by atoms with E-state index in [2.05, 4.69) is 15.6 Å². The van der Waals surface area contributed by atoms with Crippen LogP contribution in [0.2, 0.25) is 5.02 Å². The number of para-hydroxylation sites is 1. The molecule has 0 unspecified atom stereocenters. The lowest BCUT2D eigenvalue weighted by Gasteiger charge is -2.27. The first-order valence-electron chi connectivity index (χ1n) is 15.2. The molecule has 3 aliphatic rings. The van der Waals surface area contributed by atoms with Gasteiger partial charge in [0, 0.05) is 22.6 Å². The highest BCUT2D eigenvalue weighted by molar-refractivity contribution is 6.31. The van der Waals surface area contributed by atoms with Crippen molar-refractivity contribution >= 4 is 40.8 Å². The van der Waals surface area contributed by atoms with Crippen LogP contribution in [0.5, 0.6) is 0 Å². The van der Waals surface area contributed by atoms with Crippen molar-refractivity contribution in [3.05, 3.63) is 64.2 Å². The largest absolute Gasteiger partial charge is 0.465 e. The number of nitrogens with zero attached hydrogens (tertiary/aromatic N) is 1. The summed E-state index contributed by atoms with van der Waals surface area (Å²) >= 11 is 6.13. The van der Waals surface area contributed by atoms with E-state index in [-0.39, 0.29) is 30.8 Å². The number of benzene rings is 2. The molecule has 5 rings (SSSR count). The Morgan fingerprint density at radius 1 is 1.07 bits per heavy atom. The van der Waals surface area contributed by atoms with E-state index >= 15 is 0 Å². The number of fused-ring (bicyclic) bond motifs is 1. The maximum absolute atomic E-state index is 13.9. The third kappa shape index (κ3) is 8.20. The zero-order valence-corrected chi connectivity index (χ0v) is 25.5. The quantitative estimate of drug-likeness (QED) is 0.246. The summed E-state index contributed by atoms with van der Waals surface area (Å²) < 4.78 is 45.7. The molecule has 0 aromatic heterocycles. The number of hydrogen-bond acceptors (Lipinski definition) is 5. The Kier molecular flexibility index (Phi) is 9.68. The average molecular weight is 632 g/mol. The van der Waals surface area contributed by atoms with Gasteiger partial charge in [0.2, 0.25) is 12.1 Å². The summed E-state index contributed by atoms with van der Waals surface area (Å²) in [6.07, 6.45) is -3.97. The number of aliphatic imine (C=N–C) groups is 1. The second kappa shape index (κ2) is 13.3. The molecular formula is C33H37ClF3N3O4. The summed E-state index contributed by atoms with van der Waals surface area (Å²) in [5.41, 5.74) is 3.31. The molecule has 2 aromatic rings. The number of alkyl halides is 3. The average Bonchev–Trinajstić information content (AvgIpc) is 3.88. The van der Waals surface area contributed by atoms with E-state index in [4.69, 9.17) is 16.3 Å². The number of benzodiazepines with no additional fused rings is 1. The fourth-order valence-electron chi connectivity index (χ4n) is 5.60. The second-order valence-corrected chi connectivity index (χ2v) is 12.9. The van der Waals surface area contributed by atoms with Gasteiger partial charge >= 0.3 is 12.1 Å². The number of hydrogen-bond donors (Lipinski definition) is 2. The number of esters is 1. The maximum atomic E-state index is 13.9. The van der Waals surface area contributed by atoms with E-state index in [1.54, 1.807) is 24.3 Å². The summed E-state index contributed by atoms with van der Waals surface area (Å²) in [6.45, 7) is 3.80. The van der Waals surface area contributed by atoms with Crippen molar-refractivity contribution < 1.29 is 32.3 Å². The van der Waals surface area contributed by atoms with E-state index < -0.39 is 54.8 Å². The molecule has 11 heteroatoms. The molecule has 0 radical (unpaired) electrons. The molecule has 2 aliphatic carbocycles. The molecule has 2 saturated carbocycles. The fraction of sp³-hybridized carbons (Fsp3) is 0.515. The van der Waals surface area contributed by atoms with Crippen molar-refractivity contribution in [2.75, 3.05) is 11.9 Å². The van der Waals surface area contributed by atoms with Gasteiger partial charge in [-0.2, -0.15) is 13.2 Å². The molecular weight excluding hydrogens is 595 g/mol. The van der Waals surface area contributed by atoms with Gasteiger partial charge in [0.05, 0.1) is 29.8 Å². The van der Waals surface area contributed by atoms with Crippen LogP contribution in [0.1, 0.15) is 81.4 Å².